The molecule has 0 aliphatic rings. The molecule has 1 aromatic carbocycles. The highest BCUT2D eigenvalue weighted by atomic mass is 79.9. The van der Waals surface area contributed by atoms with Crippen molar-refractivity contribution in [2.75, 3.05) is 0 Å². The Morgan fingerprint density at radius 2 is 2.29 bits per heavy atom. The molecule has 0 radical (unpaired) electrons. The van der Waals surface area contributed by atoms with Crippen molar-refractivity contribution in [3.8, 4) is 5.69 Å². The highest BCUT2D eigenvalue weighted by molar-refractivity contribution is 9.10. The first kappa shape index (κ1) is 12.1. The van der Waals surface area contributed by atoms with Gasteiger partial charge in [0.05, 0.1) is 29.0 Å². The number of rotatable bonds is 3. The maximum atomic E-state index is 10.5. The van der Waals surface area contributed by atoms with E-state index in [9.17, 15) is 4.79 Å². The maximum absolute atomic E-state index is 10.5. The second kappa shape index (κ2) is 4.85. The summed E-state index contributed by atoms with van der Waals surface area (Å²) in [6, 6.07) is 5.31. The van der Waals surface area contributed by atoms with Gasteiger partial charge in [-0.15, -0.1) is 5.10 Å². The molecule has 2 rings (SSSR count). The SMILES string of the molecule is O=C(O)Cc1cn(-c2cc(Br)ccc2Cl)nn1. The van der Waals surface area contributed by atoms with Gasteiger partial charge in [-0.2, -0.15) is 0 Å². The third-order valence-corrected chi connectivity index (χ3v) is 2.84. The van der Waals surface area contributed by atoms with E-state index in [1.54, 1.807) is 24.4 Å². The zero-order chi connectivity index (χ0) is 12.4. The van der Waals surface area contributed by atoms with E-state index in [0.717, 1.165) is 4.47 Å². The lowest BCUT2D eigenvalue weighted by Gasteiger charge is -2.03. The molecule has 88 valence electrons. The van der Waals surface area contributed by atoms with Gasteiger partial charge in [0.25, 0.3) is 0 Å². The minimum absolute atomic E-state index is 0.161. The summed E-state index contributed by atoms with van der Waals surface area (Å²) < 4.78 is 2.30. The Balaban J connectivity index is 2.36. The van der Waals surface area contributed by atoms with Crippen molar-refractivity contribution in [1.29, 1.82) is 0 Å². The van der Waals surface area contributed by atoms with Gasteiger partial charge in [-0.25, -0.2) is 4.68 Å². The number of carbonyl (C=O) groups is 1. The van der Waals surface area contributed by atoms with Crippen LogP contribution in [0.2, 0.25) is 5.02 Å². The second-order valence-corrected chi connectivity index (χ2v) is 4.64. The second-order valence-electron chi connectivity index (χ2n) is 3.32. The van der Waals surface area contributed by atoms with Crippen molar-refractivity contribution in [2.24, 2.45) is 0 Å². The normalized spacial score (nSPS) is 10.5. The average molecular weight is 317 g/mol. The number of halogens is 2. The predicted octanol–water partition coefficient (Wildman–Crippen LogP) is 2.31. The molecule has 1 aromatic heterocycles. The standard InChI is InChI=1S/C10H7BrClN3O2/c11-6-1-2-8(12)9(3-6)15-5-7(13-14-15)4-10(16)17/h1-3,5H,4H2,(H,16,17). The van der Waals surface area contributed by atoms with Gasteiger partial charge in [0, 0.05) is 4.47 Å². The van der Waals surface area contributed by atoms with E-state index < -0.39 is 5.97 Å². The molecule has 0 unspecified atom stereocenters. The van der Waals surface area contributed by atoms with Crippen LogP contribution in [0.25, 0.3) is 5.69 Å². The minimum atomic E-state index is -0.947. The molecule has 0 atom stereocenters. The van der Waals surface area contributed by atoms with Crippen molar-refractivity contribution < 1.29 is 9.90 Å². The quantitative estimate of drug-likeness (QED) is 0.943. The van der Waals surface area contributed by atoms with E-state index >= 15 is 0 Å². The molecule has 0 fully saturated rings. The topological polar surface area (TPSA) is 68.0 Å². The third kappa shape index (κ3) is 2.83. The fraction of sp³-hybridized carbons (Fsp3) is 0.100. The fourth-order valence-electron chi connectivity index (χ4n) is 1.31. The zero-order valence-corrected chi connectivity index (χ0v) is 10.8. The van der Waals surface area contributed by atoms with Crippen molar-refractivity contribution in [1.82, 2.24) is 15.0 Å². The minimum Gasteiger partial charge on any atom is -0.481 e. The lowest BCUT2D eigenvalue weighted by atomic mass is 10.3. The molecule has 7 heteroatoms. The first-order valence-corrected chi connectivity index (χ1v) is 5.82. The summed E-state index contributed by atoms with van der Waals surface area (Å²) in [7, 11) is 0. The molecule has 0 aliphatic heterocycles. The molecule has 0 spiro atoms. The molecular weight excluding hydrogens is 309 g/mol. The first-order chi connectivity index (χ1) is 8.06. The summed E-state index contributed by atoms with van der Waals surface area (Å²) >= 11 is 9.35. The van der Waals surface area contributed by atoms with Gasteiger partial charge in [0.1, 0.15) is 0 Å². The highest BCUT2D eigenvalue weighted by Crippen LogP contribution is 2.23. The van der Waals surface area contributed by atoms with Gasteiger partial charge in [0.15, 0.2) is 0 Å². The van der Waals surface area contributed by atoms with Crippen molar-refractivity contribution in [3.63, 3.8) is 0 Å². The summed E-state index contributed by atoms with van der Waals surface area (Å²) in [6.07, 6.45) is 1.38. The van der Waals surface area contributed by atoms with Crippen LogP contribution in [0.4, 0.5) is 0 Å². The number of hydrogen-bond donors (Lipinski definition) is 1. The van der Waals surface area contributed by atoms with Crippen LogP contribution in [-0.4, -0.2) is 26.1 Å². The highest BCUT2D eigenvalue weighted by Gasteiger charge is 2.09. The van der Waals surface area contributed by atoms with Crippen LogP contribution in [0.5, 0.6) is 0 Å². The Labute approximate surface area is 110 Å². The molecule has 1 heterocycles. The summed E-state index contributed by atoms with van der Waals surface area (Å²) in [5.41, 5.74) is 1.03. The molecule has 0 amide bonds. The first-order valence-electron chi connectivity index (χ1n) is 4.64. The Morgan fingerprint density at radius 3 is 3.00 bits per heavy atom. The molecule has 2 aromatic rings. The fourth-order valence-corrected chi connectivity index (χ4v) is 1.87. The monoisotopic (exact) mass is 315 g/mol. The lowest BCUT2D eigenvalue weighted by Crippen LogP contribution is -2.00. The van der Waals surface area contributed by atoms with Gasteiger partial charge < -0.3 is 5.11 Å². The molecule has 17 heavy (non-hydrogen) atoms. The largest absolute Gasteiger partial charge is 0.481 e. The number of aliphatic carboxylic acids is 1. The van der Waals surface area contributed by atoms with E-state index in [2.05, 4.69) is 26.2 Å². The van der Waals surface area contributed by atoms with Crippen LogP contribution in [0.15, 0.2) is 28.9 Å². The maximum Gasteiger partial charge on any atom is 0.309 e. The number of hydrogen-bond acceptors (Lipinski definition) is 3. The van der Waals surface area contributed by atoms with Crippen LogP contribution < -0.4 is 0 Å². The predicted molar refractivity (Wildman–Crippen MR) is 65.4 cm³/mol. The number of benzene rings is 1. The van der Waals surface area contributed by atoms with Crippen molar-refractivity contribution >= 4 is 33.5 Å². The smallest absolute Gasteiger partial charge is 0.309 e. The number of carboxylic acids is 1. The van der Waals surface area contributed by atoms with Gasteiger partial charge in [-0.05, 0) is 18.2 Å². The Morgan fingerprint density at radius 1 is 1.53 bits per heavy atom. The molecular formula is C10H7BrClN3O2. The van der Waals surface area contributed by atoms with Crippen LogP contribution in [-0.2, 0) is 11.2 Å². The van der Waals surface area contributed by atoms with Crippen LogP contribution in [0, 0.1) is 0 Å². The molecule has 0 saturated heterocycles. The van der Waals surface area contributed by atoms with E-state index in [-0.39, 0.29) is 6.42 Å². The zero-order valence-electron chi connectivity index (χ0n) is 8.47. The van der Waals surface area contributed by atoms with Gasteiger partial charge >= 0.3 is 5.97 Å². The third-order valence-electron chi connectivity index (χ3n) is 2.03. The Kier molecular flexibility index (Phi) is 3.44. The number of nitrogens with zero attached hydrogens (tertiary/aromatic N) is 3. The Hall–Kier alpha value is -1.40. The molecule has 5 nitrogen and oxygen atoms in total. The lowest BCUT2D eigenvalue weighted by molar-refractivity contribution is -0.136. The number of aromatic nitrogens is 3. The van der Waals surface area contributed by atoms with Gasteiger partial charge in [-0.3, -0.25) is 4.79 Å². The van der Waals surface area contributed by atoms with Gasteiger partial charge in [-0.1, -0.05) is 32.7 Å². The van der Waals surface area contributed by atoms with Crippen LogP contribution in [0.1, 0.15) is 5.69 Å². The van der Waals surface area contributed by atoms with Crippen LogP contribution >= 0.6 is 27.5 Å². The molecule has 0 aliphatic carbocycles. The molecule has 0 saturated carbocycles. The van der Waals surface area contributed by atoms with Crippen molar-refractivity contribution in [3.05, 3.63) is 39.6 Å². The van der Waals surface area contributed by atoms with Crippen LogP contribution in [0.3, 0.4) is 0 Å². The van der Waals surface area contributed by atoms with E-state index in [1.165, 1.54) is 4.68 Å². The molecule has 0 bridgehead atoms. The number of carboxylic acid groups (broad SMARTS) is 1. The average Bonchev–Trinajstić information content (AvgIpc) is 2.69. The van der Waals surface area contributed by atoms with E-state index in [1.807, 2.05) is 0 Å². The summed E-state index contributed by atoms with van der Waals surface area (Å²) in [6.45, 7) is 0. The molecule has 1 N–H and O–H groups in total. The van der Waals surface area contributed by atoms with Gasteiger partial charge in [0.2, 0.25) is 0 Å². The van der Waals surface area contributed by atoms with E-state index in [0.29, 0.717) is 16.4 Å². The summed E-state index contributed by atoms with van der Waals surface area (Å²) in [5.74, 6) is -0.947. The van der Waals surface area contributed by atoms with Crippen molar-refractivity contribution in [2.45, 2.75) is 6.42 Å². The summed E-state index contributed by atoms with van der Waals surface area (Å²) in [4.78, 5) is 10.5. The van der Waals surface area contributed by atoms with E-state index in [4.69, 9.17) is 16.7 Å². The Bertz CT molecular complexity index is 570. The summed E-state index contributed by atoms with van der Waals surface area (Å²) in [5, 5.41) is 16.7.